The first kappa shape index (κ1) is 17.5. The van der Waals surface area contributed by atoms with Gasteiger partial charge >= 0.3 is 5.97 Å². The lowest BCUT2D eigenvalue weighted by Crippen LogP contribution is -2.24. The molecule has 0 aliphatic carbocycles. The van der Waals surface area contributed by atoms with E-state index in [9.17, 15) is 13.2 Å². The average Bonchev–Trinajstić information content (AvgIpc) is 2.38. The second-order valence-corrected chi connectivity index (χ2v) is 7.12. The van der Waals surface area contributed by atoms with E-state index in [0.29, 0.717) is 18.5 Å². The number of benzene rings is 1. The summed E-state index contributed by atoms with van der Waals surface area (Å²) in [6, 6.07) is 6.41. The van der Waals surface area contributed by atoms with E-state index >= 15 is 0 Å². The number of sulfone groups is 1. The van der Waals surface area contributed by atoms with E-state index in [1.807, 2.05) is 13.8 Å². The Labute approximate surface area is 126 Å². The highest BCUT2D eigenvalue weighted by Crippen LogP contribution is 2.24. The van der Waals surface area contributed by atoms with Crippen molar-refractivity contribution in [2.75, 3.05) is 11.1 Å². The summed E-state index contributed by atoms with van der Waals surface area (Å²) in [4.78, 5) is 11.1. The lowest BCUT2D eigenvalue weighted by molar-refractivity contribution is -0.137. The molecule has 1 aromatic carbocycles. The fourth-order valence-corrected chi connectivity index (χ4v) is 3.75. The van der Waals surface area contributed by atoms with Crippen LogP contribution < -0.4 is 5.32 Å². The van der Waals surface area contributed by atoms with E-state index in [4.69, 9.17) is 5.11 Å². The van der Waals surface area contributed by atoms with Gasteiger partial charge in [-0.15, -0.1) is 0 Å². The molecule has 21 heavy (non-hydrogen) atoms. The molecule has 0 bridgehead atoms. The number of rotatable bonds is 9. The fraction of sp³-hybridized carbons (Fsp3) is 0.533. The third kappa shape index (κ3) is 5.38. The fourth-order valence-electron chi connectivity index (χ4n) is 2.24. The number of carboxylic acids is 1. The SMILES string of the molecule is CCCC(CC(=O)O)Nc1ccccc1S(=O)(=O)CCC. The van der Waals surface area contributed by atoms with Crippen LogP contribution in [-0.4, -0.2) is 31.3 Å². The molecular formula is C15H23NO4S. The Hall–Kier alpha value is -1.56. The van der Waals surface area contributed by atoms with Gasteiger partial charge in [-0.05, 0) is 25.0 Å². The second kappa shape index (κ2) is 8.02. The molecule has 0 fully saturated rings. The molecular weight excluding hydrogens is 290 g/mol. The Morgan fingerprint density at radius 2 is 1.90 bits per heavy atom. The zero-order chi connectivity index (χ0) is 15.9. The van der Waals surface area contributed by atoms with Crippen LogP contribution in [0.2, 0.25) is 0 Å². The first-order valence-corrected chi connectivity index (χ1v) is 8.86. The van der Waals surface area contributed by atoms with Crippen LogP contribution in [0.4, 0.5) is 5.69 Å². The summed E-state index contributed by atoms with van der Waals surface area (Å²) in [5, 5.41) is 12.0. The highest BCUT2D eigenvalue weighted by atomic mass is 32.2. The lowest BCUT2D eigenvalue weighted by Gasteiger charge is -2.19. The van der Waals surface area contributed by atoms with Gasteiger partial charge in [-0.25, -0.2) is 8.42 Å². The van der Waals surface area contributed by atoms with Gasteiger partial charge in [0.05, 0.1) is 22.8 Å². The van der Waals surface area contributed by atoms with Crippen LogP contribution >= 0.6 is 0 Å². The quantitative estimate of drug-likeness (QED) is 0.732. The van der Waals surface area contributed by atoms with Gasteiger partial charge in [0.2, 0.25) is 0 Å². The monoisotopic (exact) mass is 313 g/mol. The maximum atomic E-state index is 12.3. The van der Waals surface area contributed by atoms with Gasteiger partial charge < -0.3 is 10.4 Å². The number of aliphatic carboxylic acids is 1. The Kier molecular flexibility index (Phi) is 6.68. The average molecular weight is 313 g/mol. The van der Waals surface area contributed by atoms with Gasteiger partial charge in [-0.3, -0.25) is 4.79 Å². The van der Waals surface area contributed by atoms with Crippen LogP contribution in [0, 0.1) is 0 Å². The molecule has 1 rings (SSSR count). The molecule has 0 aromatic heterocycles. The van der Waals surface area contributed by atoms with Gasteiger partial charge in [0.25, 0.3) is 0 Å². The van der Waals surface area contributed by atoms with E-state index in [-0.39, 0.29) is 23.1 Å². The normalized spacial score (nSPS) is 12.9. The van der Waals surface area contributed by atoms with E-state index in [0.717, 1.165) is 6.42 Å². The summed E-state index contributed by atoms with van der Waals surface area (Å²) in [7, 11) is -3.34. The van der Waals surface area contributed by atoms with Gasteiger partial charge in [0.1, 0.15) is 0 Å². The molecule has 118 valence electrons. The molecule has 1 unspecified atom stereocenters. The van der Waals surface area contributed by atoms with Crippen molar-refractivity contribution in [3.63, 3.8) is 0 Å². The Bertz CT molecular complexity index is 569. The second-order valence-electron chi connectivity index (χ2n) is 5.04. The van der Waals surface area contributed by atoms with Crippen molar-refractivity contribution in [3.8, 4) is 0 Å². The third-order valence-corrected chi connectivity index (χ3v) is 5.08. The van der Waals surface area contributed by atoms with Crippen LogP contribution in [0.3, 0.4) is 0 Å². The molecule has 0 saturated heterocycles. The first-order valence-electron chi connectivity index (χ1n) is 7.20. The summed E-state index contributed by atoms with van der Waals surface area (Å²) in [6.07, 6.45) is 2.02. The molecule has 2 N–H and O–H groups in total. The first-order chi connectivity index (χ1) is 9.90. The van der Waals surface area contributed by atoms with Crippen LogP contribution in [-0.2, 0) is 14.6 Å². The molecule has 5 nitrogen and oxygen atoms in total. The molecule has 0 amide bonds. The predicted octanol–water partition coefficient (Wildman–Crippen LogP) is 2.93. The largest absolute Gasteiger partial charge is 0.481 e. The standard InChI is InChI=1S/C15H23NO4S/c1-3-7-12(11-15(17)18)16-13-8-5-6-9-14(13)21(19,20)10-4-2/h5-6,8-9,12,16H,3-4,7,10-11H2,1-2H3,(H,17,18). The van der Waals surface area contributed by atoms with Crippen molar-refractivity contribution in [2.24, 2.45) is 0 Å². The van der Waals surface area contributed by atoms with Crippen molar-refractivity contribution < 1.29 is 18.3 Å². The molecule has 0 heterocycles. The highest BCUT2D eigenvalue weighted by molar-refractivity contribution is 7.91. The number of para-hydroxylation sites is 1. The topological polar surface area (TPSA) is 83.5 Å². The molecule has 6 heteroatoms. The Morgan fingerprint density at radius 3 is 2.48 bits per heavy atom. The van der Waals surface area contributed by atoms with Crippen LogP contribution in [0.25, 0.3) is 0 Å². The van der Waals surface area contributed by atoms with Crippen LogP contribution in [0.15, 0.2) is 29.2 Å². The van der Waals surface area contributed by atoms with E-state index < -0.39 is 15.8 Å². The number of nitrogens with one attached hydrogen (secondary N) is 1. The minimum atomic E-state index is -3.34. The van der Waals surface area contributed by atoms with Crippen molar-refractivity contribution in [1.82, 2.24) is 0 Å². The number of hydrogen-bond acceptors (Lipinski definition) is 4. The predicted molar refractivity (Wildman–Crippen MR) is 83.4 cm³/mol. The zero-order valence-electron chi connectivity index (χ0n) is 12.5. The van der Waals surface area contributed by atoms with E-state index in [1.165, 1.54) is 0 Å². The smallest absolute Gasteiger partial charge is 0.305 e. The van der Waals surface area contributed by atoms with Crippen molar-refractivity contribution in [2.45, 2.75) is 50.5 Å². The summed E-state index contributed by atoms with van der Waals surface area (Å²) >= 11 is 0. The number of carboxylic acid groups (broad SMARTS) is 1. The highest BCUT2D eigenvalue weighted by Gasteiger charge is 2.20. The number of carbonyl (C=O) groups is 1. The molecule has 0 saturated carbocycles. The zero-order valence-corrected chi connectivity index (χ0v) is 13.3. The van der Waals surface area contributed by atoms with Crippen LogP contribution in [0.1, 0.15) is 39.5 Å². The number of hydrogen-bond donors (Lipinski definition) is 2. The summed E-state index contributed by atoms with van der Waals surface area (Å²) in [5.41, 5.74) is 0.491. The molecule has 1 aromatic rings. The minimum absolute atomic E-state index is 0.0317. The summed E-state index contributed by atoms with van der Waals surface area (Å²) in [6.45, 7) is 3.79. The molecule has 0 aliphatic rings. The Balaban J connectivity index is 3.04. The minimum Gasteiger partial charge on any atom is -0.481 e. The van der Waals surface area contributed by atoms with Gasteiger partial charge in [-0.2, -0.15) is 0 Å². The molecule has 1 atom stereocenters. The van der Waals surface area contributed by atoms with Gasteiger partial charge in [0.15, 0.2) is 9.84 Å². The molecule has 0 radical (unpaired) electrons. The molecule has 0 spiro atoms. The summed E-state index contributed by atoms with van der Waals surface area (Å²) in [5.74, 6) is -0.807. The maximum absolute atomic E-state index is 12.3. The summed E-state index contributed by atoms with van der Waals surface area (Å²) < 4.78 is 24.5. The van der Waals surface area contributed by atoms with E-state index in [2.05, 4.69) is 5.32 Å². The van der Waals surface area contributed by atoms with Gasteiger partial charge in [-0.1, -0.05) is 32.4 Å². The molecule has 0 aliphatic heterocycles. The Morgan fingerprint density at radius 1 is 1.24 bits per heavy atom. The van der Waals surface area contributed by atoms with Crippen molar-refractivity contribution >= 4 is 21.5 Å². The van der Waals surface area contributed by atoms with Crippen LogP contribution in [0.5, 0.6) is 0 Å². The lowest BCUT2D eigenvalue weighted by atomic mass is 10.1. The maximum Gasteiger partial charge on any atom is 0.305 e. The van der Waals surface area contributed by atoms with Crippen molar-refractivity contribution in [3.05, 3.63) is 24.3 Å². The third-order valence-electron chi connectivity index (χ3n) is 3.11. The van der Waals surface area contributed by atoms with E-state index in [1.54, 1.807) is 24.3 Å². The van der Waals surface area contributed by atoms with Gasteiger partial charge in [0, 0.05) is 6.04 Å². The van der Waals surface area contributed by atoms with Crippen molar-refractivity contribution in [1.29, 1.82) is 0 Å². The number of anilines is 1.